The average molecular weight is 377 g/mol. The van der Waals surface area contributed by atoms with E-state index >= 15 is 0 Å². The van der Waals surface area contributed by atoms with Crippen LogP contribution in [0.25, 0.3) is 0 Å². The lowest BCUT2D eigenvalue weighted by molar-refractivity contribution is 0.190. The predicted molar refractivity (Wildman–Crippen MR) is 105 cm³/mol. The summed E-state index contributed by atoms with van der Waals surface area (Å²) in [7, 11) is 2.13. The van der Waals surface area contributed by atoms with Crippen LogP contribution in [-0.2, 0) is 6.42 Å². The van der Waals surface area contributed by atoms with Crippen molar-refractivity contribution in [2.45, 2.75) is 44.1 Å². The molecule has 2 heterocycles. The van der Waals surface area contributed by atoms with Crippen molar-refractivity contribution in [2.75, 3.05) is 26.7 Å². The first kappa shape index (κ1) is 19.3. The van der Waals surface area contributed by atoms with E-state index in [1.54, 1.807) is 0 Å². The van der Waals surface area contributed by atoms with E-state index in [-0.39, 0.29) is 18.4 Å². The fourth-order valence-electron chi connectivity index (χ4n) is 4.25. The minimum absolute atomic E-state index is 0. The van der Waals surface area contributed by atoms with E-state index < -0.39 is 0 Å². The van der Waals surface area contributed by atoms with Gasteiger partial charge in [-0.1, -0.05) is 35.5 Å². The van der Waals surface area contributed by atoms with Crippen LogP contribution in [0.1, 0.15) is 54.9 Å². The van der Waals surface area contributed by atoms with E-state index in [2.05, 4.69) is 52.8 Å². The van der Waals surface area contributed by atoms with E-state index in [0.717, 1.165) is 43.7 Å². The highest BCUT2D eigenvalue weighted by atomic mass is 35.5. The number of benzene rings is 1. The number of piperazine rings is 1. The van der Waals surface area contributed by atoms with Gasteiger partial charge in [-0.25, -0.2) is 0 Å². The molecule has 2 fully saturated rings. The molecule has 2 aliphatic rings. The van der Waals surface area contributed by atoms with E-state index in [9.17, 15) is 0 Å². The number of hydrogen-bond acceptors (Lipinski definition) is 5. The van der Waals surface area contributed by atoms with Crippen LogP contribution >= 0.6 is 12.4 Å². The Balaban J connectivity index is 0.00000196. The number of rotatable bonds is 4. The summed E-state index contributed by atoms with van der Waals surface area (Å²) in [4.78, 5) is 7.00. The molecule has 26 heavy (non-hydrogen) atoms. The fraction of sp³-hybridized carbons (Fsp3) is 0.600. The van der Waals surface area contributed by atoms with E-state index in [4.69, 9.17) is 9.51 Å². The molecular weight excluding hydrogens is 348 g/mol. The average Bonchev–Trinajstić information content (AvgIpc) is 3.12. The van der Waals surface area contributed by atoms with Crippen LogP contribution in [-0.4, -0.2) is 41.7 Å². The van der Waals surface area contributed by atoms with Crippen molar-refractivity contribution in [3.8, 4) is 0 Å². The van der Waals surface area contributed by atoms with Crippen LogP contribution in [0.3, 0.4) is 0 Å². The first-order chi connectivity index (χ1) is 12.3. The van der Waals surface area contributed by atoms with Gasteiger partial charge in [-0.05, 0) is 50.1 Å². The molecule has 1 saturated heterocycles. The molecule has 5 nitrogen and oxygen atoms in total. The summed E-state index contributed by atoms with van der Waals surface area (Å²) in [6, 6.07) is 11.2. The molecule has 1 aliphatic heterocycles. The van der Waals surface area contributed by atoms with Crippen LogP contribution in [0.2, 0.25) is 0 Å². The van der Waals surface area contributed by atoms with Crippen LogP contribution in [0.4, 0.5) is 0 Å². The van der Waals surface area contributed by atoms with Crippen LogP contribution in [0, 0.1) is 5.92 Å². The highest BCUT2D eigenvalue weighted by Crippen LogP contribution is 2.36. The lowest BCUT2D eigenvalue weighted by atomic mass is 9.77. The Kier molecular flexibility index (Phi) is 6.68. The van der Waals surface area contributed by atoms with Crippen LogP contribution < -0.4 is 5.32 Å². The zero-order chi connectivity index (χ0) is 17.1. The van der Waals surface area contributed by atoms with Crippen molar-refractivity contribution in [3.63, 3.8) is 0 Å². The molecule has 0 radical (unpaired) electrons. The highest BCUT2D eigenvalue weighted by Gasteiger charge is 2.27. The van der Waals surface area contributed by atoms with Gasteiger partial charge in [-0.2, -0.15) is 4.98 Å². The Morgan fingerprint density at radius 2 is 1.92 bits per heavy atom. The third-order valence-corrected chi connectivity index (χ3v) is 5.87. The van der Waals surface area contributed by atoms with Gasteiger partial charge >= 0.3 is 0 Å². The maximum Gasteiger partial charge on any atom is 0.226 e. The molecule has 0 amide bonds. The second-order valence-corrected chi connectivity index (χ2v) is 7.58. The highest BCUT2D eigenvalue weighted by molar-refractivity contribution is 5.85. The van der Waals surface area contributed by atoms with Crippen molar-refractivity contribution in [1.82, 2.24) is 20.4 Å². The molecule has 142 valence electrons. The van der Waals surface area contributed by atoms with Gasteiger partial charge in [-0.3, -0.25) is 4.90 Å². The molecule has 1 saturated carbocycles. The molecular formula is C20H29ClN4O. The Bertz CT molecular complexity index is 669. The van der Waals surface area contributed by atoms with Gasteiger partial charge in [0.15, 0.2) is 5.82 Å². The molecule has 1 aliphatic carbocycles. The second kappa shape index (κ2) is 8.98. The van der Waals surface area contributed by atoms with Crippen molar-refractivity contribution in [3.05, 3.63) is 47.6 Å². The minimum Gasteiger partial charge on any atom is -0.339 e. The topological polar surface area (TPSA) is 54.2 Å². The standard InChI is InChI=1S/C20H28N4O.ClH/c1-24-12-11-21-14-18(24)20-22-19(25-23-20)13-15-7-9-17(10-8-15)16-5-3-2-4-6-16;/h2-6,15,17-18,21H,7-14H2,1H3;1H. The summed E-state index contributed by atoms with van der Waals surface area (Å²) in [5.41, 5.74) is 1.49. The third kappa shape index (κ3) is 4.45. The van der Waals surface area contributed by atoms with Gasteiger partial charge in [0.05, 0.1) is 6.04 Å². The first-order valence-corrected chi connectivity index (χ1v) is 9.58. The molecule has 1 aromatic carbocycles. The number of hydrogen-bond donors (Lipinski definition) is 1. The van der Waals surface area contributed by atoms with Crippen molar-refractivity contribution in [1.29, 1.82) is 0 Å². The van der Waals surface area contributed by atoms with Gasteiger partial charge in [0.1, 0.15) is 0 Å². The number of nitrogens with one attached hydrogen (secondary N) is 1. The van der Waals surface area contributed by atoms with Gasteiger partial charge in [-0.15, -0.1) is 12.4 Å². The summed E-state index contributed by atoms with van der Waals surface area (Å²) in [5.74, 6) is 3.05. The summed E-state index contributed by atoms with van der Waals surface area (Å²) < 4.78 is 5.56. The molecule has 6 heteroatoms. The number of aromatic nitrogens is 2. The number of nitrogens with zero attached hydrogens (tertiary/aromatic N) is 3. The molecule has 2 aromatic rings. The van der Waals surface area contributed by atoms with Crippen molar-refractivity contribution in [2.24, 2.45) is 5.92 Å². The van der Waals surface area contributed by atoms with Gasteiger partial charge < -0.3 is 9.84 Å². The Morgan fingerprint density at radius 1 is 1.15 bits per heavy atom. The summed E-state index contributed by atoms with van der Waals surface area (Å²) >= 11 is 0. The SMILES string of the molecule is CN1CCNCC1c1noc(CC2CCC(c3ccccc3)CC2)n1.Cl. The fourth-order valence-corrected chi connectivity index (χ4v) is 4.25. The molecule has 1 unspecified atom stereocenters. The zero-order valence-corrected chi connectivity index (χ0v) is 16.3. The Hall–Kier alpha value is -1.43. The zero-order valence-electron chi connectivity index (χ0n) is 15.4. The normalized spacial score (nSPS) is 27.0. The number of likely N-dealkylation sites (N-methyl/N-ethyl adjacent to an activating group) is 1. The van der Waals surface area contributed by atoms with Crippen molar-refractivity contribution < 1.29 is 4.52 Å². The smallest absolute Gasteiger partial charge is 0.226 e. The monoisotopic (exact) mass is 376 g/mol. The molecule has 1 N–H and O–H groups in total. The van der Waals surface area contributed by atoms with E-state index in [0.29, 0.717) is 5.92 Å². The predicted octanol–water partition coefficient (Wildman–Crippen LogP) is 3.58. The van der Waals surface area contributed by atoms with Gasteiger partial charge in [0.25, 0.3) is 0 Å². The summed E-state index contributed by atoms with van der Waals surface area (Å²) in [5, 5.41) is 7.66. The maximum atomic E-state index is 5.56. The van der Waals surface area contributed by atoms with E-state index in [1.807, 2.05) is 0 Å². The Labute approximate surface area is 162 Å². The molecule has 0 spiro atoms. The molecule has 4 rings (SSSR count). The minimum atomic E-state index is 0. The van der Waals surface area contributed by atoms with Crippen LogP contribution in [0.15, 0.2) is 34.9 Å². The third-order valence-electron chi connectivity index (χ3n) is 5.87. The Morgan fingerprint density at radius 3 is 2.65 bits per heavy atom. The summed E-state index contributed by atoms with van der Waals surface area (Å²) in [6.45, 7) is 2.96. The lowest BCUT2D eigenvalue weighted by Crippen LogP contribution is -2.44. The molecule has 1 aromatic heterocycles. The largest absolute Gasteiger partial charge is 0.339 e. The van der Waals surface area contributed by atoms with E-state index in [1.165, 1.54) is 31.2 Å². The summed E-state index contributed by atoms with van der Waals surface area (Å²) in [6.07, 6.45) is 5.97. The van der Waals surface area contributed by atoms with Crippen LogP contribution in [0.5, 0.6) is 0 Å². The van der Waals surface area contributed by atoms with Gasteiger partial charge in [0, 0.05) is 26.1 Å². The second-order valence-electron chi connectivity index (χ2n) is 7.58. The number of halogens is 1. The molecule has 1 atom stereocenters. The maximum absolute atomic E-state index is 5.56. The lowest BCUT2D eigenvalue weighted by Gasteiger charge is -2.30. The molecule has 0 bridgehead atoms. The first-order valence-electron chi connectivity index (χ1n) is 9.58. The quantitative estimate of drug-likeness (QED) is 0.883. The van der Waals surface area contributed by atoms with Crippen molar-refractivity contribution >= 4 is 12.4 Å². The van der Waals surface area contributed by atoms with Gasteiger partial charge in [0.2, 0.25) is 5.89 Å².